The van der Waals surface area contributed by atoms with Crippen LogP contribution in [0.3, 0.4) is 0 Å². The van der Waals surface area contributed by atoms with Crippen LogP contribution in [-0.4, -0.2) is 59.0 Å². The summed E-state index contributed by atoms with van der Waals surface area (Å²) in [5.74, 6) is -5.80. The van der Waals surface area contributed by atoms with Gasteiger partial charge in [-0.25, -0.2) is 14.2 Å². The lowest BCUT2D eigenvalue weighted by atomic mass is 10.3. The summed E-state index contributed by atoms with van der Waals surface area (Å²) in [6.45, 7) is 0. The Kier molecular flexibility index (Phi) is 13.0. The molecule has 0 aliphatic rings. The van der Waals surface area contributed by atoms with Crippen LogP contribution < -0.4 is 0 Å². The van der Waals surface area contributed by atoms with Crippen LogP contribution in [0.4, 0.5) is 0 Å². The molecule has 0 aromatic rings. The number of hydrogen-bond acceptors (Lipinski definition) is 5. The van der Waals surface area contributed by atoms with E-state index in [4.69, 9.17) is 49.3 Å². The van der Waals surface area contributed by atoms with Gasteiger partial charge in [-0.1, -0.05) is 0 Å². The molecule has 0 unspecified atom stereocenters. The van der Waals surface area contributed by atoms with Crippen molar-refractivity contribution >= 4 is 31.7 Å². The number of hydrogen-bond donors (Lipinski definition) is 7. The highest BCUT2D eigenvalue weighted by molar-refractivity contribution is 7.45. The van der Waals surface area contributed by atoms with E-state index in [0.717, 1.165) is 0 Å². The van der Waals surface area contributed by atoms with Crippen LogP contribution in [0.1, 0.15) is 12.8 Å². The number of aliphatic carboxylic acids is 4. The highest BCUT2D eigenvalue weighted by Crippen LogP contribution is 2.25. The highest BCUT2D eigenvalue weighted by atomic mass is 31.2. The number of carbonyl (C=O) groups is 4. The Morgan fingerprint density at radius 3 is 0.895 bits per heavy atom. The first-order valence-electron chi connectivity index (χ1n) is 3.95. The molecule has 0 rings (SSSR count). The first-order valence-corrected chi connectivity index (χ1v) is 5.52. The molecule has 0 radical (unpaired) electrons. The quantitative estimate of drug-likeness (QED) is 0.225. The maximum Gasteiger partial charge on any atom is 0.466 e. The third-order valence-electron chi connectivity index (χ3n) is 0.736. The van der Waals surface area contributed by atoms with E-state index in [1.54, 1.807) is 0 Å². The van der Waals surface area contributed by atoms with Crippen LogP contribution in [0.2, 0.25) is 0 Å². The van der Waals surface area contributed by atoms with E-state index in [-0.39, 0.29) is 12.8 Å². The predicted octanol–water partition coefficient (Wildman–Crippen LogP) is -1.84. The maximum absolute atomic E-state index is 9.64. The second kappa shape index (κ2) is 11.1. The molecule has 0 fully saturated rings. The predicted molar refractivity (Wildman–Crippen MR) is 54.0 cm³/mol. The number of phosphoric acid groups is 1. The van der Waals surface area contributed by atoms with E-state index in [0.29, 0.717) is 0 Å². The summed E-state index contributed by atoms with van der Waals surface area (Å²) in [5.41, 5.74) is 0. The van der Waals surface area contributed by atoms with Crippen LogP contribution in [0, 0.1) is 0 Å². The van der Waals surface area contributed by atoms with Crippen molar-refractivity contribution in [1.82, 2.24) is 0 Å². The summed E-state index contributed by atoms with van der Waals surface area (Å²) in [7, 11) is -4.64. The summed E-state index contributed by atoms with van der Waals surface area (Å²) in [6, 6.07) is 0. The molecule has 0 saturated carbocycles. The third-order valence-corrected chi connectivity index (χ3v) is 0.736. The zero-order chi connectivity index (χ0) is 16.2. The number of carboxylic acid groups (broad SMARTS) is 4. The Balaban J connectivity index is -0.000000209. The van der Waals surface area contributed by atoms with Crippen LogP contribution in [0.5, 0.6) is 0 Å². The monoisotopic (exact) mass is 306 g/mol. The van der Waals surface area contributed by atoms with Crippen molar-refractivity contribution in [1.29, 1.82) is 0 Å². The summed E-state index contributed by atoms with van der Waals surface area (Å²) >= 11 is 0. The van der Waals surface area contributed by atoms with Crippen LogP contribution >= 0.6 is 7.82 Å². The van der Waals surface area contributed by atoms with Gasteiger partial charge < -0.3 is 35.1 Å². The number of carboxylic acids is 4. The molecule has 0 saturated heterocycles. The molecule has 0 aromatic carbocycles. The summed E-state index contributed by atoms with van der Waals surface area (Å²) < 4.78 is 8.88. The van der Waals surface area contributed by atoms with Crippen molar-refractivity contribution in [3.8, 4) is 0 Å². The molecule has 0 bridgehead atoms. The SMILES string of the molecule is O=C(O)C(=O)O.O=C(O)CCC(=O)O.O=P(O)(O)O. The Labute approximate surface area is 104 Å². The van der Waals surface area contributed by atoms with Gasteiger partial charge in [-0.05, 0) is 0 Å². The molecular weight excluding hydrogens is 295 g/mol. The zero-order valence-corrected chi connectivity index (χ0v) is 9.93. The van der Waals surface area contributed by atoms with E-state index >= 15 is 0 Å². The Hall–Kier alpha value is -2.01. The normalized spacial score (nSPS) is 9.00. The fourth-order valence-electron chi connectivity index (χ4n) is 0.214. The minimum absolute atomic E-state index is 0.296. The zero-order valence-electron chi connectivity index (χ0n) is 9.03. The fraction of sp³-hybridized carbons (Fsp3) is 0.333. The van der Waals surface area contributed by atoms with Crippen LogP contribution in [-0.2, 0) is 23.7 Å². The standard InChI is InChI=1S/C4H6O4.C2H2O4.H3O4P/c5-3(6)1-2-4(7)8;3-1(4)2(5)6;1-5(2,3)4/h1-2H2,(H,5,6)(H,7,8);(H,3,4)(H,5,6);(H3,1,2,3,4). The second-order valence-electron chi connectivity index (χ2n) is 2.41. The molecule has 112 valence electrons. The van der Waals surface area contributed by atoms with Gasteiger partial charge in [-0.3, -0.25) is 9.59 Å². The molecule has 0 heterocycles. The van der Waals surface area contributed by atoms with Crippen LogP contribution in [0.15, 0.2) is 0 Å². The topological polar surface area (TPSA) is 227 Å². The summed E-state index contributed by atoms with van der Waals surface area (Å²) in [5, 5.41) is 30.6. The number of rotatable bonds is 3. The molecule has 0 aromatic heterocycles. The van der Waals surface area contributed by atoms with Gasteiger partial charge in [0.2, 0.25) is 0 Å². The Morgan fingerprint density at radius 1 is 0.684 bits per heavy atom. The van der Waals surface area contributed by atoms with Crippen molar-refractivity contribution in [3.63, 3.8) is 0 Å². The molecule has 0 amide bonds. The molecule has 0 aliphatic carbocycles. The first-order chi connectivity index (χ1) is 8.27. The minimum Gasteiger partial charge on any atom is -0.481 e. The van der Waals surface area contributed by atoms with E-state index < -0.39 is 31.7 Å². The second-order valence-corrected chi connectivity index (χ2v) is 3.44. The van der Waals surface area contributed by atoms with Gasteiger partial charge >= 0.3 is 31.7 Å². The average molecular weight is 306 g/mol. The highest BCUT2D eigenvalue weighted by Gasteiger charge is 2.04. The average Bonchev–Trinajstić information content (AvgIpc) is 2.12. The third kappa shape index (κ3) is 64.1. The molecular formula is C6H11O12P. The fourth-order valence-corrected chi connectivity index (χ4v) is 0.214. The van der Waals surface area contributed by atoms with Crippen molar-refractivity contribution < 1.29 is 58.8 Å². The molecule has 13 heteroatoms. The smallest absolute Gasteiger partial charge is 0.466 e. The first kappa shape index (κ1) is 22.2. The van der Waals surface area contributed by atoms with Gasteiger partial charge in [-0.15, -0.1) is 0 Å². The molecule has 0 aliphatic heterocycles. The molecule has 0 spiro atoms. The van der Waals surface area contributed by atoms with Crippen molar-refractivity contribution in [2.45, 2.75) is 12.8 Å². The lowest BCUT2D eigenvalue weighted by Gasteiger charge is -1.85. The van der Waals surface area contributed by atoms with Gasteiger partial charge in [0.05, 0.1) is 12.8 Å². The summed E-state index contributed by atoms with van der Waals surface area (Å²) in [4.78, 5) is 59.0. The summed E-state index contributed by atoms with van der Waals surface area (Å²) in [6.07, 6.45) is -0.593. The van der Waals surface area contributed by atoms with Gasteiger partial charge in [0, 0.05) is 0 Å². The maximum atomic E-state index is 9.64. The van der Waals surface area contributed by atoms with Crippen molar-refractivity contribution in [2.75, 3.05) is 0 Å². The minimum atomic E-state index is -4.64. The van der Waals surface area contributed by atoms with Gasteiger partial charge in [-0.2, -0.15) is 0 Å². The molecule has 19 heavy (non-hydrogen) atoms. The van der Waals surface area contributed by atoms with Gasteiger partial charge in [0.25, 0.3) is 0 Å². The largest absolute Gasteiger partial charge is 0.481 e. The lowest BCUT2D eigenvalue weighted by molar-refractivity contribution is -0.159. The Bertz CT molecular complexity index is 332. The van der Waals surface area contributed by atoms with E-state index in [1.165, 1.54) is 0 Å². The van der Waals surface area contributed by atoms with E-state index in [1.807, 2.05) is 0 Å². The van der Waals surface area contributed by atoms with Crippen LogP contribution in [0.25, 0.3) is 0 Å². The van der Waals surface area contributed by atoms with Gasteiger partial charge in [0.1, 0.15) is 0 Å². The van der Waals surface area contributed by atoms with Gasteiger partial charge in [0.15, 0.2) is 0 Å². The van der Waals surface area contributed by atoms with Crippen molar-refractivity contribution in [3.05, 3.63) is 0 Å². The lowest BCUT2D eigenvalue weighted by Crippen LogP contribution is -2.09. The van der Waals surface area contributed by atoms with E-state index in [2.05, 4.69) is 0 Å². The molecule has 12 nitrogen and oxygen atoms in total. The van der Waals surface area contributed by atoms with E-state index in [9.17, 15) is 9.59 Å². The Morgan fingerprint density at radius 2 is 0.842 bits per heavy atom. The molecule has 0 atom stereocenters. The molecule has 7 N–H and O–H groups in total. The van der Waals surface area contributed by atoms with Crippen molar-refractivity contribution in [2.24, 2.45) is 0 Å².